The van der Waals surface area contributed by atoms with Gasteiger partial charge < -0.3 is 14.2 Å². The highest BCUT2D eigenvalue weighted by molar-refractivity contribution is 5.97. The Kier molecular flexibility index (Phi) is 6.31. The molecule has 1 amide bonds. The van der Waals surface area contributed by atoms with Crippen LogP contribution in [0.1, 0.15) is 31.1 Å². The van der Waals surface area contributed by atoms with E-state index in [1.807, 2.05) is 0 Å². The normalized spacial score (nSPS) is 10.1. The van der Waals surface area contributed by atoms with Gasteiger partial charge in [0, 0.05) is 6.07 Å². The van der Waals surface area contributed by atoms with Gasteiger partial charge in [0.2, 0.25) is 5.75 Å². The Balaban J connectivity index is 3.33. The molecule has 126 valence electrons. The molecule has 0 aliphatic carbocycles. The predicted molar refractivity (Wildman–Crippen MR) is 80.8 cm³/mol. The molecule has 9 heteroatoms. The molecule has 0 saturated heterocycles. The molecular formula is C14H18N2O7. The number of nitrogens with zero attached hydrogens (tertiary/aromatic N) is 1. The van der Waals surface area contributed by atoms with Gasteiger partial charge in [0.25, 0.3) is 0 Å². The SMILES string of the molecule is CCOc1c(C(=O)OC)cc(NC(=O)OC(C)C)cc1[N+](=O)[O-]. The molecular weight excluding hydrogens is 308 g/mol. The number of nitro benzene ring substituents is 1. The molecule has 0 unspecified atom stereocenters. The second-order valence-corrected chi connectivity index (χ2v) is 4.63. The van der Waals surface area contributed by atoms with E-state index in [9.17, 15) is 19.7 Å². The molecule has 1 aromatic rings. The maximum Gasteiger partial charge on any atom is 0.411 e. The first-order valence-corrected chi connectivity index (χ1v) is 6.81. The van der Waals surface area contributed by atoms with Crippen LogP contribution in [0.25, 0.3) is 0 Å². The van der Waals surface area contributed by atoms with Crippen molar-refractivity contribution in [3.8, 4) is 5.75 Å². The van der Waals surface area contributed by atoms with Gasteiger partial charge in [-0.3, -0.25) is 15.4 Å². The van der Waals surface area contributed by atoms with E-state index in [2.05, 4.69) is 10.1 Å². The second kappa shape index (κ2) is 7.97. The summed E-state index contributed by atoms with van der Waals surface area (Å²) in [4.78, 5) is 33.9. The van der Waals surface area contributed by atoms with Crippen molar-refractivity contribution in [3.63, 3.8) is 0 Å². The van der Waals surface area contributed by atoms with Crippen LogP contribution in [-0.2, 0) is 9.47 Å². The number of hydrogen-bond donors (Lipinski definition) is 1. The lowest BCUT2D eigenvalue weighted by Crippen LogP contribution is -2.18. The van der Waals surface area contributed by atoms with Gasteiger partial charge in [-0.1, -0.05) is 0 Å². The second-order valence-electron chi connectivity index (χ2n) is 4.63. The van der Waals surface area contributed by atoms with Crippen LogP contribution in [0.4, 0.5) is 16.2 Å². The molecule has 0 atom stereocenters. The number of methoxy groups -OCH3 is 1. The summed E-state index contributed by atoms with van der Waals surface area (Å²) >= 11 is 0. The number of esters is 1. The Morgan fingerprint density at radius 1 is 1.35 bits per heavy atom. The monoisotopic (exact) mass is 326 g/mol. The molecule has 0 radical (unpaired) electrons. The van der Waals surface area contributed by atoms with Crippen molar-refractivity contribution in [3.05, 3.63) is 27.8 Å². The average Bonchev–Trinajstić information content (AvgIpc) is 2.46. The van der Waals surface area contributed by atoms with E-state index in [4.69, 9.17) is 9.47 Å². The zero-order chi connectivity index (χ0) is 17.6. The van der Waals surface area contributed by atoms with Gasteiger partial charge in [0.1, 0.15) is 5.56 Å². The number of nitro groups is 1. The number of carbonyl (C=O) groups is 2. The van der Waals surface area contributed by atoms with E-state index in [1.54, 1.807) is 20.8 Å². The first-order chi connectivity index (χ1) is 10.8. The fourth-order valence-corrected chi connectivity index (χ4v) is 1.74. The van der Waals surface area contributed by atoms with Gasteiger partial charge in [-0.15, -0.1) is 0 Å². The molecule has 9 nitrogen and oxygen atoms in total. The van der Waals surface area contributed by atoms with E-state index in [0.29, 0.717) is 0 Å². The van der Waals surface area contributed by atoms with Crippen LogP contribution in [0.3, 0.4) is 0 Å². The topological polar surface area (TPSA) is 117 Å². The predicted octanol–water partition coefficient (Wildman–Crippen LogP) is 2.74. The number of nitrogens with one attached hydrogen (secondary N) is 1. The third-order valence-corrected chi connectivity index (χ3v) is 2.55. The van der Waals surface area contributed by atoms with Crippen molar-refractivity contribution >= 4 is 23.4 Å². The molecule has 23 heavy (non-hydrogen) atoms. The highest BCUT2D eigenvalue weighted by Gasteiger charge is 2.26. The fraction of sp³-hybridized carbons (Fsp3) is 0.429. The van der Waals surface area contributed by atoms with Crippen LogP contribution in [0, 0.1) is 10.1 Å². The van der Waals surface area contributed by atoms with Gasteiger partial charge in [0.15, 0.2) is 0 Å². The summed E-state index contributed by atoms with van der Waals surface area (Å²) in [5, 5.41) is 13.5. The van der Waals surface area contributed by atoms with Gasteiger partial charge in [-0.2, -0.15) is 0 Å². The Labute approximate surface area is 132 Å². The number of amides is 1. The van der Waals surface area contributed by atoms with Crippen molar-refractivity contribution in [2.24, 2.45) is 0 Å². The molecule has 0 fully saturated rings. The third kappa shape index (κ3) is 4.83. The molecule has 0 aromatic heterocycles. The van der Waals surface area contributed by atoms with Crippen LogP contribution in [0.15, 0.2) is 12.1 Å². The highest BCUT2D eigenvalue weighted by atomic mass is 16.6. The molecule has 1 rings (SSSR count). The summed E-state index contributed by atoms with van der Waals surface area (Å²) in [5.41, 5.74) is -0.607. The maximum absolute atomic E-state index is 11.8. The summed E-state index contributed by atoms with van der Waals surface area (Å²) in [6.45, 7) is 5.05. The Bertz CT molecular complexity index is 613. The lowest BCUT2D eigenvalue weighted by Gasteiger charge is -2.13. The molecule has 1 N–H and O–H groups in total. The smallest absolute Gasteiger partial charge is 0.411 e. The lowest BCUT2D eigenvalue weighted by molar-refractivity contribution is -0.385. The van der Waals surface area contributed by atoms with Crippen molar-refractivity contribution < 1.29 is 28.7 Å². The number of hydrogen-bond acceptors (Lipinski definition) is 7. The summed E-state index contributed by atoms with van der Waals surface area (Å²) in [6.07, 6.45) is -1.16. The molecule has 0 aliphatic rings. The van der Waals surface area contributed by atoms with Crippen LogP contribution in [0.2, 0.25) is 0 Å². The van der Waals surface area contributed by atoms with E-state index < -0.39 is 22.7 Å². The molecule has 1 aromatic carbocycles. The molecule has 0 aliphatic heterocycles. The van der Waals surface area contributed by atoms with Crippen molar-refractivity contribution in [1.29, 1.82) is 0 Å². The molecule has 0 heterocycles. The summed E-state index contributed by atoms with van der Waals surface area (Å²) in [5.74, 6) is -1.04. The number of carbonyl (C=O) groups excluding carboxylic acids is 2. The van der Waals surface area contributed by atoms with Gasteiger partial charge in [-0.25, -0.2) is 9.59 Å². The summed E-state index contributed by atoms with van der Waals surface area (Å²) in [6, 6.07) is 2.31. The van der Waals surface area contributed by atoms with Crippen molar-refractivity contribution in [2.45, 2.75) is 26.9 Å². The number of anilines is 1. The molecule has 0 bridgehead atoms. The van der Waals surface area contributed by atoms with Crippen LogP contribution >= 0.6 is 0 Å². The minimum absolute atomic E-state index is 0.0196. The summed E-state index contributed by atoms with van der Waals surface area (Å²) < 4.78 is 14.7. The Morgan fingerprint density at radius 2 is 2.00 bits per heavy atom. The standard InChI is InChI=1S/C14H18N2O7/c1-5-22-12-10(13(17)21-4)6-9(7-11(12)16(19)20)15-14(18)23-8(2)3/h6-8H,5H2,1-4H3,(H,15,18). The zero-order valence-corrected chi connectivity index (χ0v) is 13.2. The Hall–Kier alpha value is -2.84. The highest BCUT2D eigenvalue weighted by Crippen LogP contribution is 2.35. The van der Waals surface area contributed by atoms with Gasteiger partial charge >= 0.3 is 17.7 Å². The van der Waals surface area contributed by atoms with E-state index in [-0.39, 0.29) is 29.7 Å². The van der Waals surface area contributed by atoms with E-state index in [1.165, 1.54) is 6.07 Å². The maximum atomic E-state index is 11.8. The van der Waals surface area contributed by atoms with Gasteiger partial charge in [0.05, 0.1) is 30.4 Å². The quantitative estimate of drug-likeness (QED) is 0.485. The zero-order valence-electron chi connectivity index (χ0n) is 13.2. The summed E-state index contributed by atoms with van der Waals surface area (Å²) in [7, 11) is 1.14. The molecule has 0 saturated carbocycles. The minimum Gasteiger partial charge on any atom is -0.487 e. The van der Waals surface area contributed by atoms with Crippen LogP contribution in [0.5, 0.6) is 5.75 Å². The van der Waals surface area contributed by atoms with Crippen molar-refractivity contribution in [1.82, 2.24) is 0 Å². The minimum atomic E-state index is -0.822. The third-order valence-electron chi connectivity index (χ3n) is 2.55. The molecule has 0 spiro atoms. The van der Waals surface area contributed by atoms with Gasteiger partial charge in [-0.05, 0) is 26.8 Å². The lowest BCUT2D eigenvalue weighted by atomic mass is 10.1. The van der Waals surface area contributed by atoms with E-state index >= 15 is 0 Å². The first kappa shape index (κ1) is 18.2. The average molecular weight is 326 g/mol. The number of ether oxygens (including phenoxy) is 3. The van der Waals surface area contributed by atoms with Crippen LogP contribution < -0.4 is 10.1 Å². The van der Waals surface area contributed by atoms with Crippen LogP contribution in [-0.4, -0.2) is 36.8 Å². The Morgan fingerprint density at radius 3 is 2.48 bits per heavy atom. The van der Waals surface area contributed by atoms with E-state index in [0.717, 1.165) is 13.2 Å². The number of rotatable bonds is 6. The van der Waals surface area contributed by atoms with Crippen molar-refractivity contribution in [2.75, 3.05) is 19.0 Å². The first-order valence-electron chi connectivity index (χ1n) is 6.81. The fourth-order valence-electron chi connectivity index (χ4n) is 1.74. The largest absolute Gasteiger partial charge is 0.487 e. The number of benzene rings is 1.